The van der Waals surface area contributed by atoms with E-state index in [0.717, 1.165) is 34.9 Å². The molecule has 0 radical (unpaired) electrons. The average molecular weight is 1960 g/mol. The molecule has 0 atom stereocenters. The molecule has 0 aliphatic rings. The number of anilines is 4. The normalized spacial score (nSPS) is 10.8. The van der Waals surface area contributed by atoms with Gasteiger partial charge in [0.15, 0.2) is 0 Å². The van der Waals surface area contributed by atoms with Gasteiger partial charge in [0.25, 0.3) is 0 Å². The summed E-state index contributed by atoms with van der Waals surface area (Å²) in [6.07, 6.45) is 17.8. The minimum atomic E-state index is -0.557. The first-order chi connectivity index (χ1) is 70.9. The quantitative estimate of drug-likeness (QED) is 0.0331. The van der Waals surface area contributed by atoms with Crippen molar-refractivity contribution in [2.45, 2.75) is 47.2 Å². The van der Waals surface area contributed by atoms with E-state index in [1.165, 1.54) is 50.1 Å². The number of hydrogen-bond acceptors (Lipinski definition) is 16. The SMILES string of the molecule is C=CC(=O)Nc1cccc(-n2c(=O)n(-c3ccc(OCc4cc(F)ccc4F)cc3)c3cnccc32)c1.C=CC(=O)Nc1cccc(-n2c(=O)n(-c3ccc(OCc4ccc(C)cc4)c(Cl)c3)c3cnccc32)c1.C=CC(=O)Nc1cccc(-n2c(=O)n(-c3ccc(OCc4ccc(C)cc4)cc3)c3cnccc32)c1.C=CC(=O)Nc1cccc(-n2c(=O)n(-c3ccc(OCc4cccc(C)c4)cc3)c3cnccc32)c1. The summed E-state index contributed by atoms with van der Waals surface area (Å²) in [4.78, 5) is 119. The number of nitrogens with one attached hydrogen (secondary N) is 4. The number of imidazole rings is 4. The first-order valence-electron chi connectivity index (χ1n) is 45.6. The number of hydrogen-bond donors (Lipinski definition) is 4. The standard InChI is InChI=1S/C29H23ClN4O3.2C29H24N4O3.C28H20F2N4O3/c1-3-28(35)32-21-5-4-6-22(15-21)33-25-13-14-31-17-26(25)34(29(33)36)23-11-12-27(24(30)16-23)37-18-20-9-7-19(2)8-10-20;1-3-28(34)31-22-8-5-9-24(17-22)33-26-14-15-30-18-27(26)32(29(33)35)23-10-12-25(13-11-23)36-19-21-7-4-6-20(2)16-21;1-3-28(34)31-22-5-4-6-24(17-22)33-26-15-16-30-18-27(26)32(29(33)35)23-11-13-25(14-12-23)36-19-21-9-7-20(2)8-10-21;1-2-27(35)32-20-4-3-5-22(15-20)34-25-12-13-31-16-26(25)33(28(34)36)21-7-9-23(10-8-21)37-17-18-14-19(29)6-11-24(18)30/h3-17H,1,18H2,2H3,(H,32,35);2*3-18H,1,19H2,2H3,(H,31,34);2-16H,1,17H2,(H,32,35). The Hall–Kier alpha value is -19.5. The Labute approximate surface area is 838 Å². The van der Waals surface area contributed by atoms with E-state index in [0.29, 0.717) is 160 Å². The van der Waals surface area contributed by atoms with Crippen LogP contribution >= 0.6 is 11.6 Å². The lowest BCUT2D eigenvalue weighted by atomic mass is 10.1. The molecule has 8 heterocycles. The van der Waals surface area contributed by atoms with E-state index in [1.54, 1.807) is 229 Å². The second-order valence-electron chi connectivity index (χ2n) is 33.2. The van der Waals surface area contributed by atoms with E-state index in [2.05, 4.69) is 106 Å². The lowest BCUT2D eigenvalue weighted by Crippen LogP contribution is -2.22. The number of aryl methyl sites for hydroxylation is 3. The number of fused-ring (bicyclic) bond motifs is 4. The molecule has 28 nitrogen and oxygen atoms in total. The van der Waals surface area contributed by atoms with Crippen molar-refractivity contribution in [3.05, 3.63) is 501 Å². The third-order valence-electron chi connectivity index (χ3n) is 23.2. The van der Waals surface area contributed by atoms with Crippen LogP contribution in [0.25, 0.3) is 89.6 Å². The first-order valence-corrected chi connectivity index (χ1v) is 46.0. The molecule has 31 heteroatoms. The van der Waals surface area contributed by atoms with Crippen LogP contribution in [0.5, 0.6) is 23.0 Å². The number of aromatic nitrogens is 12. The fraction of sp³-hybridized carbons (Fsp3) is 0.0609. The van der Waals surface area contributed by atoms with Crippen molar-refractivity contribution in [2.75, 3.05) is 21.3 Å². The topological polar surface area (TPSA) is 313 Å². The van der Waals surface area contributed by atoms with Gasteiger partial charge in [0.05, 0.1) is 119 Å². The Morgan fingerprint density at radius 3 is 0.938 bits per heavy atom. The van der Waals surface area contributed by atoms with Gasteiger partial charge < -0.3 is 40.2 Å². The summed E-state index contributed by atoms with van der Waals surface area (Å²) < 4.78 is 63.3. The van der Waals surface area contributed by atoms with E-state index in [-0.39, 0.29) is 58.6 Å². The molecule has 0 unspecified atom stereocenters. The largest absolute Gasteiger partial charge is 0.489 e. The predicted octanol–water partition coefficient (Wildman–Crippen LogP) is 21.4. The summed E-state index contributed by atoms with van der Waals surface area (Å²) >= 11 is 6.57. The number of carbonyl (C=O) groups excluding carboxylic acids is 4. The molecule has 20 rings (SSSR count). The number of rotatable bonds is 28. The van der Waals surface area contributed by atoms with Gasteiger partial charge in [0.1, 0.15) is 61.1 Å². The highest BCUT2D eigenvalue weighted by Crippen LogP contribution is 2.34. The smallest absolute Gasteiger partial charge is 0.338 e. The van der Waals surface area contributed by atoms with E-state index in [9.17, 15) is 47.1 Å². The number of ether oxygens (including phenoxy) is 4. The van der Waals surface area contributed by atoms with Crippen LogP contribution in [-0.2, 0) is 45.6 Å². The van der Waals surface area contributed by atoms with Gasteiger partial charge in [-0.15, -0.1) is 0 Å². The minimum Gasteiger partial charge on any atom is -0.489 e. The molecule has 0 fully saturated rings. The summed E-state index contributed by atoms with van der Waals surface area (Å²) in [7, 11) is 0. The zero-order chi connectivity index (χ0) is 102. The molecule has 12 aromatic carbocycles. The molecule has 0 saturated carbocycles. The highest BCUT2D eigenvalue weighted by atomic mass is 35.5. The summed E-state index contributed by atoms with van der Waals surface area (Å²) in [5.74, 6) is -0.0905. The Morgan fingerprint density at radius 2 is 0.603 bits per heavy atom. The van der Waals surface area contributed by atoms with Crippen LogP contribution in [0.1, 0.15) is 38.9 Å². The van der Waals surface area contributed by atoms with Gasteiger partial charge >= 0.3 is 22.8 Å². The molecule has 724 valence electrons. The fourth-order valence-corrected chi connectivity index (χ4v) is 16.4. The van der Waals surface area contributed by atoms with E-state index in [4.69, 9.17) is 30.5 Å². The molecule has 20 aromatic rings. The van der Waals surface area contributed by atoms with E-state index >= 15 is 0 Å². The van der Waals surface area contributed by atoms with Crippen molar-refractivity contribution < 1.29 is 46.9 Å². The van der Waals surface area contributed by atoms with Crippen molar-refractivity contribution >= 4 is 102 Å². The van der Waals surface area contributed by atoms with E-state index in [1.807, 2.05) is 116 Å². The number of nitrogens with zero attached hydrogens (tertiary/aromatic N) is 12. The number of benzene rings is 12. The van der Waals surface area contributed by atoms with Gasteiger partial charge in [0.2, 0.25) is 23.6 Å². The molecular weight excluding hydrogens is 1870 g/mol. The van der Waals surface area contributed by atoms with Crippen LogP contribution in [0.3, 0.4) is 0 Å². The summed E-state index contributed by atoms with van der Waals surface area (Å²) in [6, 6.07) is 89.6. The summed E-state index contributed by atoms with van der Waals surface area (Å²) in [5, 5.41) is 11.3. The average Bonchev–Trinajstić information content (AvgIpc) is 1.61. The molecule has 4 amide bonds. The van der Waals surface area contributed by atoms with Crippen molar-refractivity contribution in [3.8, 4) is 68.5 Å². The maximum absolute atomic E-state index is 13.9. The lowest BCUT2D eigenvalue weighted by molar-refractivity contribution is -0.112. The maximum Gasteiger partial charge on any atom is 0.338 e. The third-order valence-corrected chi connectivity index (χ3v) is 23.5. The molecule has 4 N–H and O–H groups in total. The Morgan fingerprint density at radius 1 is 0.301 bits per heavy atom. The van der Waals surface area contributed by atoms with Crippen molar-refractivity contribution in [2.24, 2.45) is 0 Å². The van der Waals surface area contributed by atoms with Crippen LogP contribution in [-0.4, -0.2) is 80.1 Å². The molecule has 8 aromatic heterocycles. The maximum atomic E-state index is 13.9. The van der Waals surface area contributed by atoms with Crippen LogP contribution in [0.4, 0.5) is 31.5 Å². The number of amides is 4. The minimum absolute atomic E-state index is 0.0981. The Balaban J connectivity index is 0.000000133. The highest BCUT2D eigenvalue weighted by Gasteiger charge is 2.24. The van der Waals surface area contributed by atoms with Crippen molar-refractivity contribution in [1.82, 2.24) is 56.5 Å². The van der Waals surface area contributed by atoms with Crippen molar-refractivity contribution in [3.63, 3.8) is 0 Å². The van der Waals surface area contributed by atoms with Crippen LogP contribution in [0, 0.1) is 32.4 Å². The van der Waals surface area contributed by atoms with Crippen molar-refractivity contribution in [1.29, 1.82) is 0 Å². The van der Waals surface area contributed by atoms with Gasteiger partial charge in [-0.25, -0.2) is 28.0 Å². The molecule has 0 aliphatic heterocycles. The second kappa shape index (κ2) is 44.8. The van der Waals surface area contributed by atoms with Crippen LogP contribution < -0.4 is 63.0 Å². The molecule has 0 saturated heterocycles. The molecule has 0 spiro atoms. The van der Waals surface area contributed by atoms with Gasteiger partial charge in [-0.2, -0.15) is 0 Å². The van der Waals surface area contributed by atoms with Gasteiger partial charge in [-0.3, -0.25) is 75.7 Å². The summed E-state index contributed by atoms with van der Waals surface area (Å²) in [5.41, 5.74) is 18.0. The highest BCUT2D eigenvalue weighted by molar-refractivity contribution is 6.32. The molecular formula is C115H91ClF2N16O12. The molecule has 0 bridgehead atoms. The first kappa shape index (κ1) is 98.1. The van der Waals surface area contributed by atoms with Crippen LogP contribution in [0.15, 0.2) is 423 Å². The monoisotopic (exact) mass is 1960 g/mol. The fourth-order valence-electron chi connectivity index (χ4n) is 16.1. The number of halogens is 3. The number of carbonyl (C=O) groups is 4. The van der Waals surface area contributed by atoms with E-state index < -0.39 is 11.6 Å². The second-order valence-corrected chi connectivity index (χ2v) is 33.6. The molecule has 0 aliphatic carbocycles. The lowest BCUT2D eigenvalue weighted by Gasteiger charge is -2.11. The Bertz CT molecular complexity index is 8620. The predicted molar refractivity (Wildman–Crippen MR) is 564 cm³/mol. The zero-order valence-electron chi connectivity index (χ0n) is 78.9. The van der Waals surface area contributed by atoms with Gasteiger partial charge in [-0.1, -0.05) is 152 Å². The Kier molecular flexibility index (Phi) is 30.1. The third kappa shape index (κ3) is 22.5. The zero-order valence-corrected chi connectivity index (χ0v) is 79.6. The van der Waals surface area contributed by atoms with Gasteiger partial charge in [-0.05, 0) is 268 Å². The van der Waals surface area contributed by atoms with Crippen LogP contribution in [0.2, 0.25) is 5.02 Å². The summed E-state index contributed by atoms with van der Waals surface area (Å²) in [6.45, 7) is 21.2. The van der Waals surface area contributed by atoms with Gasteiger partial charge in [0, 0.05) is 53.1 Å². The number of pyridine rings is 4. The molecule has 146 heavy (non-hydrogen) atoms.